The molecule has 0 N–H and O–H groups in total. The molecule has 0 aliphatic carbocycles. The summed E-state index contributed by atoms with van der Waals surface area (Å²) < 4.78 is 0. The van der Waals surface area contributed by atoms with E-state index in [0.29, 0.717) is 5.28 Å². The van der Waals surface area contributed by atoms with Gasteiger partial charge in [-0.3, -0.25) is 0 Å². The molecular weight excluding hydrogens is 180 g/mol. The van der Waals surface area contributed by atoms with Crippen LogP contribution in [-0.2, 0) is 6.42 Å². The molecule has 1 aliphatic rings. The van der Waals surface area contributed by atoms with Gasteiger partial charge in [-0.1, -0.05) is 0 Å². The van der Waals surface area contributed by atoms with Crippen LogP contribution < -0.4 is 0 Å². The van der Waals surface area contributed by atoms with E-state index in [9.17, 15) is 0 Å². The van der Waals surface area contributed by atoms with Crippen molar-refractivity contribution >= 4 is 23.4 Å². The molecule has 1 aromatic rings. The zero-order valence-electron chi connectivity index (χ0n) is 5.88. The minimum absolute atomic E-state index is 0.367. The summed E-state index contributed by atoms with van der Waals surface area (Å²) in [5.74, 6) is 1.18. The summed E-state index contributed by atoms with van der Waals surface area (Å²) in [5.41, 5.74) is 1.11. The van der Waals surface area contributed by atoms with Crippen molar-refractivity contribution in [3.8, 4) is 0 Å². The summed E-state index contributed by atoms with van der Waals surface area (Å²) in [7, 11) is 0. The van der Waals surface area contributed by atoms with Gasteiger partial charge >= 0.3 is 0 Å². The molecule has 0 radical (unpaired) electrons. The first kappa shape index (κ1) is 7.37. The highest BCUT2D eigenvalue weighted by Gasteiger charge is 2.11. The highest BCUT2D eigenvalue weighted by atomic mass is 35.5. The van der Waals surface area contributed by atoms with Crippen molar-refractivity contribution in [3.63, 3.8) is 0 Å². The van der Waals surface area contributed by atoms with E-state index in [-0.39, 0.29) is 0 Å². The second-order valence-corrected chi connectivity index (χ2v) is 3.88. The monoisotopic (exact) mass is 186 g/mol. The minimum atomic E-state index is 0.367. The fourth-order valence-electron chi connectivity index (χ4n) is 1.10. The van der Waals surface area contributed by atoms with E-state index in [1.807, 2.05) is 18.0 Å². The lowest BCUT2D eigenvalue weighted by Gasteiger charge is -2.12. The Kier molecular flexibility index (Phi) is 2.00. The molecule has 0 aromatic carbocycles. The van der Waals surface area contributed by atoms with Gasteiger partial charge in [-0.2, -0.15) is 0 Å². The fraction of sp³-hybridized carbons (Fsp3) is 0.429. The van der Waals surface area contributed by atoms with Gasteiger partial charge in [-0.05, 0) is 30.2 Å². The molecule has 0 fully saturated rings. The molecular formula is C7H7ClN2S. The predicted molar refractivity (Wildman–Crippen MR) is 46.1 cm³/mol. The third-order valence-corrected chi connectivity index (χ3v) is 2.94. The topological polar surface area (TPSA) is 25.8 Å². The molecule has 58 valence electrons. The van der Waals surface area contributed by atoms with Crippen molar-refractivity contribution in [2.45, 2.75) is 17.7 Å². The van der Waals surface area contributed by atoms with Crippen LogP contribution in [0.1, 0.15) is 12.1 Å². The molecule has 0 saturated carbocycles. The van der Waals surface area contributed by atoms with Crippen molar-refractivity contribution in [1.29, 1.82) is 0 Å². The Balaban J connectivity index is 2.43. The Morgan fingerprint density at radius 2 is 2.45 bits per heavy atom. The molecule has 2 rings (SSSR count). The Morgan fingerprint density at radius 1 is 1.55 bits per heavy atom. The first-order valence-electron chi connectivity index (χ1n) is 3.50. The van der Waals surface area contributed by atoms with Gasteiger partial charge in [0.15, 0.2) is 0 Å². The maximum Gasteiger partial charge on any atom is 0.222 e. The molecule has 0 spiro atoms. The zero-order chi connectivity index (χ0) is 7.68. The number of aromatic nitrogens is 2. The average Bonchev–Trinajstić information content (AvgIpc) is 2.04. The van der Waals surface area contributed by atoms with Crippen molar-refractivity contribution < 1.29 is 0 Å². The van der Waals surface area contributed by atoms with Crippen LogP contribution in [0.15, 0.2) is 11.1 Å². The summed E-state index contributed by atoms with van der Waals surface area (Å²) in [4.78, 5) is 9.27. The lowest BCUT2D eigenvalue weighted by Crippen LogP contribution is -2.02. The van der Waals surface area contributed by atoms with E-state index < -0.39 is 0 Å². The first-order valence-corrected chi connectivity index (χ1v) is 4.87. The summed E-state index contributed by atoms with van der Waals surface area (Å²) in [6.45, 7) is 0. The molecule has 1 aromatic heterocycles. The zero-order valence-corrected chi connectivity index (χ0v) is 7.45. The van der Waals surface area contributed by atoms with Gasteiger partial charge in [-0.25, -0.2) is 9.97 Å². The summed E-state index contributed by atoms with van der Waals surface area (Å²) in [6, 6.07) is 0. The summed E-state index contributed by atoms with van der Waals surface area (Å²) in [6.07, 6.45) is 4.06. The number of hydrogen-bond donors (Lipinski definition) is 0. The van der Waals surface area contributed by atoms with Crippen LogP contribution in [-0.4, -0.2) is 15.7 Å². The van der Waals surface area contributed by atoms with Gasteiger partial charge in [0.25, 0.3) is 0 Å². The Labute approximate surface area is 74.4 Å². The summed E-state index contributed by atoms with van der Waals surface area (Å²) >= 11 is 7.46. The van der Waals surface area contributed by atoms with Crippen molar-refractivity contribution in [3.05, 3.63) is 17.2 Å². The number of aryl methyl sites for hydroxylation is 1. The van der Waals surface area contributed by atoms with Crippen molar-refractivity contribution in [1.82, 2.24) is 9.97 Å². The molecule has 0 amide bonds. The Bertz CT molecular complexity index is 277. The number of rotatable bonds is 0. The molecule has 0 unspecified atom stereocenters. The predicted octanol–water partition coefficient (Wildman–Crippen LogP) is 2.17. The molecule has 0 bridgehead atoms. The Hall–Kier alpha value is -0.280. The standard InChI is InChI=1S/C7H7ClN2S/c8-7-9-4-6-5(10-7)2-1-3-11-6/h4H,1-3H2. The molecule has 4 heteroatoms. The van der Waals surface area contributed by atoms with Gasteiger partial charge in [-0.15, -0.1) is 11.8 Å². The van der Waals surface area contributed by atoms with Gasteiger partial charge in [0.2, 0.25) is 5.28 Å². The number of halogens is 1. The van der Waals surface area contributed by atoms with Gasteiger partial charge in [0.05, 0.1) is 5.69 Å². The third-order valence-electron chi connectivity index (χ3n) is 1.62. The molecule has 0 atom stereocenters. The summed E-state index contributed by atoms with van der Waals surface area (Å²) in [5, 5.41) is 0.367. The van der Waals surface area contributed by atoms with E-state index in [1.54, 1.807) is 0 Å². The van der Waals surface area contributed by atoms with Crippen LogP contribution in [0.5, 0.6) is 0 Å². The number of hydrogen-bond acceptors (Lipinski definition) is 3. The average molecular weight is 187 g/mol. The van der Waals surface area contributed by atoms with Crippen molar-refractivity contribution in [2.24, 2.45) is 0 Å². The maximum atomic E-state index is 5.65. The van der Waals surface area contributed by atoms with E-state index in [1.165, 1.54) is 17.1 Å². The van der Waals surface area contributed by atoms with E-state index in [0.717, 1.165) is 12.1 Å². The van der Waals surface area contributed by atoms with Crippen LogP contribution in [0.4, 0.5) is 0 Å². The second-order valence-electron chi connectivity index (χ2n) is 2.40. The lowest BCUT2D eigenvalue weighted by molar-refractivity contribution is 0.828. The third kappa shape index (κ3) is 1.49. The van der Waals surface area contributed by atoms with Crippen LogP contribution in [0.25, 0.3) is 0 Å². The fourth-order valence-corrected chi connectivity index (χ4v) is 2.20. The van der Waals surface area contributed by atoms with Gasteiger partial charge < -0.3 is 0 Å². The molecule has 0 saturated heterocycles. The number of nitrogens with zero attached hydrogens (tertiary/aromatic N) is 2. The van der Waals surface area contributed by atoms with Crippen LogP contribution in [0.3, 0.4) is 0 Å². The molecule has 11 heavy (non-hydrogen) atoms. The second kappa shape index (κ2) is 2.99. The van der Waals surface area contributed by atoms with Crippen molar-refractivity contribution in [2.75, 3.05) is 5.75 Å². The quantitative estimate of drug-likeness (QED) is 0.581. The van der Waals surface area contributed by atoms with Crippen LogP contribution >= 0.6 is 23.4 Å². The van der Waals surface area contributed by atoms with E-state index >= 15 is 0 Å². The van der Waals surface area contributed by atoms with E-state index in [4.69, 9.17) is 11.6 Å². The number of fused-ring (bicyclic) bond motifs is 1. The highest BCUT2D eigenvalue weighted by Crippen LogP contribution is 2.28. The molecule has 1 aliphatic heterocycles. The molecule has 2 heterocycles. The lowest BCUT2D eigenvalue weighted by atomic mass is 10.2. The van der Waals surface area contributed by atoms with E-state index in [2.05, 4.69) is 9.97 Å². The maximum absolute atomic E-state index is 5.65. The highest BCUT2D eigenvalue weighted by molar-refractivity contribution is 7.99. The minimum Gasteiger partial charge on any atom is -0.225 e. The largest absolute Gasteiger partial charge is 0.225 e. The first-order chi connectivity index (χ1) is 5.36. The van der Waals surface area contributed by atoms with Crippen LogP contribution in [0.2, 0.25) is 5.28 Å². The van der Waals surface area contributed by atoms with Gasteiger partial charge in [0, 0.05) is 11.1 Å². The Morgan fingerprint density at radius 3 is 3.36 bits per heavy atom. The molecule has 2 nitrogen and oxygen atoms in total. The SMILES string of the molecule is Clc1ncc2c(n1)CCCS2. The van der Waals surface area contributed by atoms with Crippen LogP contribution in [0, 0.1) is 0 Å². The van der Waals surface area contributed by atoms with Gasteiger partial charge in [0.1, 0.15) is 0 Å². The number of thioether (sulfide) groups is 1. The smallest absolute Gasteiger partial charge is 0.222 e. The normalized spacial score (nSPS) is 16.1.